The summed E-state index contributed by atoms with van der Waals surface area (Å²) >= 11 is 6.04. The fourth-order valence-electron chi connectivity index (χ4n) is 2.58. The third kappa shape index (κ3) is 3.00. The number of rotatable bonds is 3. The summed E-state index contributed by atoms with van der Waals surface area (Å²) in [6, 6.07) is 2.57. The Bertz CT molecular complexity index is 430. The first-order valence-electron chi connectivity index (χ1n) is 6.71. The van der Waals surface area contributed by atoms with Crippen LogP contribution >= 0.6 is 11.6 Å². The first kappa shape index (κ1) is 14.5. The predicted octanol–water partition coefficient (Wildman–Crippen LogP) is 3.59. The second-order valence-corrected chi connectivity index (χ2v) is 5.35. The molecule has 2 atom stereocenters. The van der Waals surface area contributed by atoms with Crippen LogP contribution in [0.15, 0.2) is 12.1 Å². The number of hydrogen-bond acceptors (Lipinski definition) is 2. The Morgan fingerprint density at radius 1 is 1.32 bits per heavy atom. The minimum atomic E-state index is -0.638. The molecule has 5 heteroatoms. The molecule has 1 aromatic carbocycles. The summed E-state index contributed by atoms with van der Waals surface area (Å²) in [7, 11) is 0. The van der Waals surface area contributed by atoms with Gasteiger partial charge in [-0.3, -0.25) is 0 Å². The van der Waals surface area contributed by atoms with Crippen LogP contribution in [0.3, 0.4) is 0 Å². The fraction of sp³-hybridized carbons (Fsp3) is 0.571. The number of benzene rings is 1. The molecule has 1 aromatic rings. The van der Waals surface area contributed by atoms with Gasteiger partial charge in [0, 0.05) is 31.2 Å². The third-order valence-electron chi connectivity index (χ3n) is 3.73. The lowest BCUT2D eigenvalue weighted by atomic mass is 10.0. The molecule has 0 spiro atoms. The third-order valence-corrected chi connectivity index (χ3v) is 4.02. The quantitative estimate of drug-likeness (QED) is 0.914. The maximum Gasteiger partial charge on any atom is 0.150 e. The summed E-state index contributed by atoms with van der Waals surface area (Å²) in [6.45, 7) is 5.63. The molecule has 1 N–H and O–H groups in total. The maximum absolute atomic E-state index is 14.0. The molecule has 0 bridgehead atoms. The standard InChI is InChI=1S/C14H19ClF2N2/c1-3-10-8-19(11(4-2)7-18-10)14-12(15)5-9(16)6-13(14)17/h5-6,10-11,18H,3-4,7-8H2,1-2H3. The number of nitrogens with zero attached hydrogens (tertiary/aromatic N) is 1. The van der Waals surface area contributed by atoms with Crippen LogP contribution in [0.5, 0.6) is 0 Å². The van der Waals surface area contributed by atoms with Crippen molar-refractivity contribution in [2.75, 3.05) is 18.0 Å². The van der Waals surface area contributed by atoms with Crippen molar-refractivity contribution >= 4 is 17.3 Å². The Morgan fingerprint density at radius 2 is 2.05 bits per heavy atom. The summed E-state index contributed by atoms with van der Waals surface area (Å²) in [5.74, 6) is -1.22. The van der Waals surface area contributed by atoms with Crippen molar-refractivity contribution < 1.29 is 8.78 Å². The molecule has 0 aliphatic carbocycles. The molecule has 0 aromatic heterocycles. The number of piperazine rings is 1. The van der Waals surface area contributed by atoms with E-state index >= 15 is 0 Å². The van der Waals surface area contributed by atoms with Gasteiger partial charge in [-0.15, -0.1) is 0 Å². The van der Waals surface area contributed by atoms with E-state index < -0.39 is 11.6 Å². The molecule has 1 saturated heterocycles. The lowest BCUT2D eigenvalue weighted by Crippen LogP contribution is -2.56. The fourth-order valence-corrected chi connectivity index (χ4v) is 2.89. The first-order valence-corrected chi connectivity index (χ1v) is 7.09. The van der Waals surface area contributed by atoms with Crippen LogP contribution in [-0.2, 0) is 0 Å². The van der Waals surface area contributed by atoms with Crippen LogP contribution < -0.4 is 10.2 Å². The van der Waals surface area contributed by atoms with Crippen molar-refractivity contribution in [1.82, 2.24) is 5.32 Å². The minimum absolute atomic E-state index is 0.146. The highest BCUT2D eigenvalue weighted by molar-refractivity contribution is 6.33. The number of halogens is 3. The van der Waals surface area contributed by atoms with Gasteiger partial charge < -0.3 is 10.2 Å². The van der Waals surface area contributed by atoms with Crippen LogP contribution in [0.2, 0.25) is 5.02 Å². The topological polar surface area (TPSA) is 15.3 Å². The van der Waals surface area contributed by atoms with Gasteiger partial charge in [0.05, 0.1) is 10.7 Å². The maximum atomic E-state index is 14.0. The predicted molar refractivity (Wildman–Crippen MR) is 74.9 cm³/mol. The summed E-state index contributed by atoms with van der Waals surface area (Å²) in [4.78, 5) is 1.97. The second-order valence-electron chi connectivity index (χ2n) is 4.95. The van der Waals surface area contributed by atoms with Gasteiger partial charge in [0.1, 0.15) is 5.82 Å². The van der Waals surface area contributed by atoms with Gasteiger partial charge in [0.25, 0.3) is 0 Å². The smallest absolute Gasteiger partial charge is 0.150 e. The molecule has 1 aliphatic rings. The molecular formula is C14H19ClF2N2. The molecule has 0 amide bonds. The average molecular weight is 289 g/mol. The Balaban J connectivity index is 2.36. The summed E-state index contributed by atoms with van der Waals surface area (Å²) in [5, 5.41) is 3.58. The number of nitrogens with one attached hydrogen (secondary N) is 1. The molecule has 1 aliphatic heterocycles. The van der Waals surface area contributed by atoms with E-state index in [1.54, 1.807) is 0 Å². The highest BCUT2D eigenvalue weighted by Crippen LogP contribution is 2.33. The summed E-state index contributed by atoms with van der Waals surface area (Å²) in [5.41, 5.74) is 0.329. The molecule has 106 valence electrons. The Morgan fingerprint density at radius 3 is 2.63 bits per heavy atom. The van der Waals surface area contributed by atoms with E-state index in [9.17, 15) is 8.78 Å². The zero-order valence-corrected chi connectivity index (χ0v) is 12.0. The molecular weight excluding hydrogens is 270 g/mol. The molecule has 2 nitrogen and oxygen atoms in total. The van der Waals surface area contributed by atoms with Gasteiger partial charge in [0.2, 0.25) is 0 Å². The molecule has 2 unspecified atom stereocenters. The van der Waals surface area contributed by atoms with E-state index in [2.05, 4.69) is 19.2 Å². The van der Waals surface area contributed by atoms with Gasteiger partial charge in [-0.1, -0.05) is 25.4 Å². The molecule has 1 fully saturated rings. The normalized spacial score (nSPS) is 23.7. The van der Waals surface area contributed by atoms with Crippen molar-refractivity contribution in [3.05, 3.63) is 28.8 Å². The van der Waals surface area contributed by atoms with Gasteiger partial charge in [-0.25, -0.2) is 8.78 Å². The zero-order valence-electron chi connectivity index (χ0n) is 11.2. The van der Waals surface area contributed by atoms with E-state index in [1.165, 1.54) is 6.07 Å². The summed E-state index contributed by atoms with van der Waals surface area (Å²) in [6.07, 6.45) is 1.85. The van der Waals surface area contributed by atoms with Crippen molar-refractivity contribution in [2.24, 2.45) is 0 Å². The van der Waals surface area contributed by atoms with Crippen molar-refractivity contribution in [3.63, 3.8) is 0 Å². The highest BCUT2D eigenvalue weighted by Gasteiger charge is 2.29. The Hall–Kier alpha value is -0.870. The Labute approximate surface area is 117 Å². The van der Waals surface area contributed by atoms with E-state index in [-0.39, 0.29) is 11.1 Å². The van der Waals surface area contributed by atoms with Crippen LogP contribution in [0.4, 0.5) is 14.5 Å². The minimum Gasteiger partial charge on any atom is -0.362 e. The second kappa shape index (κ2) is 6.06. The monoisotopic (exact) mass is 288 g/mol. The van der Waals surface area contributed by atoms with E-state index in [1.807, 2.05) is 4.90 Å². The van der Waals surface area contributed by atoms with E-state index in [0.717, 1.165) is 25.5 Å². The van der Waals surface area contributed by atoms with Crippen LogP contribution in [0.25, 0.3) is 0 Å². The van der Waals surface area contributed by atoms with Gasteiger partial charge in [-0.2, -0.15) is 0 Å². The molecule has 0 radical (unpaired) electrons. The van der Waals surface area contributed by atoms with Crippen LogP contribution in [0, 0.1) is 11.6 Å². The molecule has 0 saturated carbocycles. The Kier molecular flexibility index (Phi) is 4.63. The van der Waals surface area contributed by atoms with Gasteiger partial charge in [-0.05, 0) is 18.9 Å². The SMILES string of the molecule is CCC1CN(c2c(F)cc(F)cc2Cl)C(CC)CN1. The van der Waals surface area contributed by atoms with Crippen molar-refractivity contribution in [3.8, 4) is 0 Å². The largest absolute Gasteiger partial charge is 0.362 e. The van der Waals surface area contributed by atoms with Crippen molar-refractivity contribution in [1.29, 1.82) is 0 Å². The highest BCUT2D eigenvalue weighted by atomic mass is 35.5. The van der Waals surface area contributed by atoms with Gasteiger partial charge in [0.15, 0.2) is 5.82 Å². The summed E-state index contributed by atoms with van der Waals surface area (Å²) < 4.78 is 27.2. The molecule has 2 rings (SSSR count). The lowest BCUT2D eigenvalue weighted by molar-refractivity contribution is 0.375. The van der Waals surface area contributed by atoms with Gasteiger partial charge >= 0.3 is 0 Å². The van der Waals surface area contributed by atoms with Crippen LogP contribution in [0.1, 0.15) is 26.7 Å². The van der Waals surface area contributed by atoms with Crippen molar-refractivity contribution in [2.45, 2.75) is 38.8 Å². The average Bonchev–Trinajstić information content (AvgIpc) is 2.37. The number of anilines is 1. The van der Waals surface area contributed by atoms with Crippen LogP contribution in [-0.4, -0.2) is 25.2 Å². The van der Waals surface area contributed by atoms with E-state index in [0.29, 0.717) is 18.3 Å². The first-order chi connectivity index (χ1) is 9.06. The molecule has 1 heterocycles. The number of hydrogen-bond donors (Lipinski definition) is 1. The lowest BCUT2D eigenvalue weighted by Gasteiger charge is -2.42. The zero-order chi connectivity index (χ0) is 14.0. The molecule has 19 heavy (non-hydrogen) atoms. The van der Waals surface area contributed by atoms with E-state index in [4.69, 9.17) is 11.6 Å².